The molecule has 4 rings (SSSR count). The van der Waals surface area contributed by atoms with Crippen molar-refractivity contribution in [2.75, 3.05) is 7.11 Å². The number of hydrogen-bond donors (Lipinski definition) is 0. The highest BCUT2D eigenvalue weighted by molar-refractivity contribution is 9.10. The van der Waals surface area contributed by atoms with Crippen molar-refractivity contribution in [3.63, 3.8) is 0 Å². The van der Waals surface area contributed by atoms with Crippen molar-refractivity contribution >= 4 is 67.9 Å². The van der Waals surface area contributed by atoms with Crippen LogP contribution < -0.4 is 15.0 Å². The summed E-state index contributed by atoms with van der Waals surface area (Å²) >= 11 is 22.1. The van der Waals surface area contributed by atoms with Crippen molar-refractivity contribution in [2.24, 2.45) is 5.10 Å². The maximum Gasteiger partial charge on any atom is 0.282 e. The normalized spacial score (nSPS) is 11.4. The van der Waals surface area contributed by atoms with Gasteiger partial charge in [0.2, 0.25) is 0 Å². The van der Waals surface area contributed by atoms with Crippen LogP contribution in [0.25, 0.3) is 10.9 Å². The zero-order valence-electron chi connectivity index (χ0n) is 18.7. The van der Waals surface area contributed by atoms with E-state index in [0.29, 0.717) is 55.3 Å². The van der Waals surface area contributed by atoms with Gasteiger partial charge in [0.15, 0.2) is 11.5 Å². The summed E-state index contributed by atoms with van der Waals surface area (Å²) in [6, 6.07) is 13.9. The Morgan fingerprint density at radius 1 is 1.09 bits per heavy atom. The molecule has 0 radical (unpaired) electrons. The van der Waals surface area contributed by atoms with Gasteiger partial charge in [-0.2, -0.15) is 9.78 Å². The smallest absolute Gasteiger partial charge is 0.282 e. The van der Waals surface area contributed by atoms with Gasteiger partial charge in [-0.05, 0) is 48.0 Å². The second-order valence-corrected chi connectivity index (χ2v) is 9.63. The Kier molecular flexibility index (Phi) is 8.02. The molecule has 0 aliphatic carbocycles. The quantitative estimate of drug-likeness (QED) is 0.213. The van der Waals surface area contributed by atoms with E-state index in [0.717, 1.165) is 10.0 Å². The van der Waals surface area contributed by atoms with Crippen molar-refractivity contribution in [2.45, 2.75) is 20.0 Å². The Labute approximate surface area is 225 Å². The van der Waals surface area contributed by atoms with Crippen molar-refractivity contribution in [1.82, 2.24) is 9.66 Å². The second kappa shape index (κ2) is 11.0. The summed E-state index contributed by atoms with van der Waals surface area (Å²) in [5.41, 5.74) is 1.73. The number of nitrogens with zero attached hydrogens (tertiary/aromatic N) is 3. The van der Waals surface area contributed by atoms with Gasteiger partial charge in [0, 0.05) is 26.5 Å². The summed E-state index contributed by atoms with van der Waals surface area (Å²) in [6.45, 7) is 2.09. The van der Waals surface area contributed by atoms with Gasteiger partial charge in [0.1, 0.15) is 12.4 Å². The first-order valence-electron chi connectivity index (χ1n) is 10.5. The van der Waals surface area contributed by atoms with E-state index >= 15 is 0 Å². The molecule has 10 heteroatoms. The average Bonchev–Trinajstić information content (AvgIpc) is 2.83. The van der Waals surface area contributed by atoms with Crippen LogP contribution in [-0.4, -0.2) is 23.0 Å². The molecular weight excluding hydrogens is 577 g/mol. The molecule has 0 bridgehead atoms. The number of aryl methyl sites for hydroxylation is 1. The Balaban J connectivity index is 1.66. The van der Waals surface area contributed by atoms with E-state index in [2.05, 4.69) is 26.0 Å². The first kappa shape index (κ1) is 25.5. The van der Waals surface area contributed by atoms with Gasteiger partial charge in [-0.3, -0.25) is 4.79 Å². The van der Waals surface area contributed by atoms with E-state index < -0.39 is 0 Å². The lowest BCUT2D eigenvalue weighted by Crippen LogP contribution is -2.22. The van der Waals surface area contributed by atoms with Gasteiger partial charge in [0.25, 0.3) is 5.56 Å². The third kappa shape index (κ3) is 5.64. The zero-order valence-corrected chi connectivity index (χ0v) is 22.5. The van der Waals surface area contributed by atoms with Crippen molar-refractivity contribution in [3.8, 4) is 11.5 Å². The number of rotatable bonds is 7. The highest BCUT2D eigenvalue weighted by Crippen LogP contribution is 2.37. The SMILES string of the molecule is CCc1nc2ccc(Br)cc2c(=O)n1N=Cc1cc(Cl)c(OCc2ccc(Cl)cc2Cl)c(OC)c1. The molecule has 0 unspecified atom stereocenters. The molecule has 1 heterocycles. The fourth-order valence-corrected chi connectivity index (χ4v) is 4.51. The molecule has 0 aliphatic heterocycles. The molecule has 6 nitrogen and oxygen atoms in total. The lowest BCUT2D eigenvalue weighted by molar-refractivity contribution is 0.285. The molecule has 0 spiro atoms. The average molecular weight is 596 g/mol. The van der Waals surface area contributed by atoms with E-state index in [1.54, 1.807) is 42.5 Å². The molecule has 0 atom stereocenters. The Hall–Kier alpha value is -2.58. The lowest BCUT2D eigenvalue weighted by Gasteiger charge is -2.14. The van der Waals surface area contributed by atoms with Gasteiger partial charge < -0.3 is 9.47 Å². The topological polar surface area (TPSA) is 65.7 Å². The fraction of sp³-hybridized carbons (Fsp3) is 0.160. The van der Waals surface area contributed by atoms with Crippen molar-refractivity contribution < 1.29 is 9.47 Å². The van der Waals surface area contributed by atoms with E-state index in [-0.39, 0.29) is 12.2 Å². The van der Waals surface area contributed by atoms with Crippen LogP contribution in [-0.2, 0) is 13.0 Å². The monoisotopic (exact) mass is 593 g/mol. The standard InChI is InChI=1S/C25H19BrCl3N3O3/c1-3-23-31-21-7-5-16(26)10-18(21)25(33)32(23)30-12-14-8-20(29)24(22(9-14)34-2)35-13-15-4-6-17(27)11-19(15)28/h4-12H,3,13H2,1-2H3. The van der Waals surface area contributed by atoms with Gasteiger partial charge >= 0.3 is 0 Å². The number of fused-ring (bicyclic) bond motifs is 1. The molecule has 3 aromatic carbocycles. The van der Waals surface area contributed by atoms with Crippen LogP contribution in [0.2, 0.25) is 15.1 Å². The molecule has 0 saturated heterocycles. The lowest BCUT2D eigenvalue weighted by atomic mass is 10.2. The minimum atomic E-state index is -0.262. The molecule has 0 N–H and O–H groups in total. The van der Waals surface area contributed by atoms with Crippen molar-refractivity contribution in [1.29, 1.82) is 0 Å². The third-order valence-electron chi connectivity index (χ3n) is 5.15. The highest BCUT2D eigenvalue weighted by atomic mass is 79.9. The molecule has 1 aromatic heterocycles. The molecule has 0 fully saturated rings. The molecule has 35 heavy (non-hydrogen) atoms. The van der Waals surface area contributed by atoms with Crippen LogP contribution in [0.15, 0.2) is 62.9 Å². The summed E-state index contributed by atoms with van der Waals surface area (Å²) in [5.74, 6) is 1.31. The van der Waals surface area contributed by atoms with E-state index in [9.17, 15) is 4.79 Å². The third-order valence-corrected chi connectivity index (χ3v) is 6.51. The Morgan fingerprint density at radius 3 is 2.60 bits per heavy atom. The summed E-state index contributed by atoms with van der Waals surface area (Å²) < 4.78 is 13.5. The zero-order chi connectivity index (χ0) is 25.1. The predicted octanol–water partition coefficient (Wildman–Crippen LogP) is 7.15. The number of hydrogen-bond acceptors (Lipinski definition) is 5. The van der Waals surface area contributed by atoms with Gasteiger partial charge in [-0.15, -0.1) is 0 Å². The number of benzene rings is 3. The molecule has 4 aromatic rings. The number of ether oxygens (including phenoxy) is 2. The minimum Gasteiger partial charge on any atom is -0.493 e. The van der Waals surface area contributed by atoms with Gasteiger partial charge in [-0.25, -0.2) is 4.98 Å². The largest absolute Gasteiger partial charge is 0.493 e. The van der Waals surface area contributed by atoms with Gasteiger partial charge in [0.05, 0.1) is 29.2 Å². The maximum atomic E-state index is 13.1. The molecular formula is C25H19BrCl3N3O3. The molecule has 0 amide bonds. The first-order valence-corrected chi connectivity index (χ1v) is 12.4. The van der Waals surface area contributed by atoms with Crippen molar-refractivity contribution in [3.05, 3.63) is 95.4 Å². The number of aromatic nitrogens is 2. The molecule has 0 saturated carbocycles. The number of halogens is 4. The minimum absolute atomic E-state index is 0.174. The first-order chi connectivity index (χ1) is 16.8. The maximum absolute atomic E-state index is 13.1. The van der Waals surface area contributed by atoms with Crippen LogP contribution in [0.1, 0.15) is 23.9 Å². The van der Waals surface area contributed by atoms with E-state index in [4.69, 9.17) is 44.3 Å². The Morgan fingerprint density at radius 2 is 1.89 bits per heavy atom. The van der Waals surface area contributed by atoms with Crippen LogP contribution in [0.3, 0.4) is 0 Å². The summed E-state index contributed by atoms with van der Waals surface area (Å²) in [7, 11) is 1.51. The Bertz CT molecular complexity index is 1510. The molecule has 0 aliphatic rings. The van der Waals surface area contributed by atoms with Crippen LogP contribution in [0.5, 0.6) is 11.5 Å². The van der Waals surface area contributed by atoms with Crippen LogP contribution >= 0.6 is 50.7 Å². The molecule has 180 valence electrons. The van der Waals surface area contributed by atoms with E-state index in [1.807, 2.05) is 13.0 Å². The summed E-state index contributed by atoms with van der Waals surface area (Å²) in [5, 5.41) is 6.22. The second-order valence-electron chi connectivity index (χ2n) is 7.46. The summed E-state index contributed by atoms with van der Waals surface area (Å²) in [4.78, 5) is 17.7. The predicted molar refractivity (Wildman–Crippen MR) is 145 cm³/mol. The fourth-order valence-electron chi connectivity index (χ4n) is 3.41. The van der Waals surface area contributed by atoms with Crippen LogP contribution in [0.4, 0.5) is 0 Å². The van der Waals surface area contributed by atoms with Gasteiger partial charge in [-0.1, -0.05) is 63.7 Å². The van der Waals surface area contributed by atoms with Crippen LogP contribution in [0, 0.1) is 0 Å². The van der Waals surface area contributed by atoms with E-state index in [1.165, 1.54) is 18.0 Å². The number of methoxy groups -OCH3 is 1. The summed E-state index contributed by atoms with van der Waals surface area (Å²) in [6.07, 6.45) is 2.06. The highest BCUT2D eigenvalue weighted by Gasteiger charge is 2.14.